The van der Waals surface area contributed by atoms with E-state index in [1.807, 2.05) is 0 Å². The van der Waals surface area contributed by atoms with Gasteiger partial charge < -0.3 is 5.73 Å². The molecule has 0 bridgehead atoms. The molecule has 0 aliphatic heterocycles. The molecule has 0 atom stereocenters. The van der Waals surface area contributed by atoms with Crippen molar-refractivity contribution < 1.29 is 8.78 Å². The van der Waals surface area contributed by atoms with Crippen LogP contribution >= 0.6 is 0 Å². The van der Waals surface area contributed by atoms with E-state index in [0.717, 1.165) is 19.3 Å². The van der Waals surface area contributed by atoms with Crippen LogP contribution in [0.25, 0.3) is 0 Å². The first-order valence-electron chi connectivity index (χ1n) is 6.20. The van der Waals surface area contributed by atoms with Gasteiger partial charge in [0.1, 0.15) is 0 Å². The lowest BCUT2D eigenvalue weighted by atomic mass is 9.75. The minimum atomic E-state index is -2.93. The van der Waals surface area contributed by atoms with Crippen molar-refractivity contribution in [3.63, 3.8) is 0 Å². The SMILES string of the molecule is Cc1ccccc1C(F)(F)C1(N)CCCCC1. The van der Waals surface area contributed by atoms with Gasteiger partial charge in [-0.2, -0.15) is 8.78 Å². The Labute approximate surface area is 101 Å². The van der Waals surface area contributed by atoms with E-state index in [4.69, 9.17) is 5.73 Å². The predicted octanol–water partition coefficient (Wildman–Crippen LogP) is 3.75. The Bertz CT molecular complexity index is 395. The molecule has 0 unspecified atom stereocenters. The summed E-state index contributed by atoms with van der Waals surface area (Å²) in [6.07, 6.45) is 3.45. The van der Waals surface area contributed by atoms with Crippen LogP contribution in [0.4, 0.5) is 8.78 Å². The Morgan fingerprint density at radius 3 is 2.29 bits per heavy atom. The zero-order valence-corrected chi connectivity index (χ0v) is 10.2. The summed E-state index contributed by atoms with van der Waals surface area (Å²) in [5.74, 6) is -2.93. The van der Waals surface area contributed by atoms with E-state index in [0.29, 0.717) is 18.4 Å². The molecule has 1 nitrogen and oxygen atoms in total. The second-order valence-corrected chi connectivity index (χ2v) is 5.11. The van der Waals surface area contributed by atoms with E-state index in [1.165, 1.54) is 6.07 Å². The zero-order valence-electron chi connectivity index (χ0n) is 10.2. The first-order chi connectivity index (χ1) is 7.97. The monoisotopic (exact) mass is 239 g/mol. The molecular weight excluding hydrogens is 220 g/mol. The third-order valence-corrected chi connectivity index (χ3v) is 3.85. The van der Waals surface area contributed by atoms with E-state index in [2.05, 4.69) is 0 Å². The van der Waals surface area contributed by atoms with E-state index < -0.39 is 11.5 Å². The van der Waals surface area contributed by atoms with Crippen LogP contribution in [0.5, 0.6) is 0 Å². The van der Waals surface area contributed by atoms with Crippen molar-refractivity contribution in [1.82, 2.24) is 0 Å². The van der Waals surface area contributed by atoms with Crippen LogP contribution in [-0.4, -0.2) is 5.54 Å². The number of hydrogen-bond acceptors (Lipinski definition) is 1. The number of aryl methyl sites for hydroxylation is 1. The lowest BCUT2D eigenvalue weighted by Crippen LogP contribution is -2.55. The molecular formula is C14H19F2N. The maximum absolute atomic E-state index is 14.6. The Kier molecular flexibility index (Phi) is 3.21. The normalized spacial score (nSPS) is 20.2. The Balaban J connectivity index is 2.38. The highest BCUT2D eigenvalue weighted by Gasteiger charge is 2.52. The van der Waals surface area contributed by atoms with Crippen molar-refractivity contribution >= 4 is 0 Å². The summed E-state index contributed by atoms with van der Waals surface area (Å²) in [5.41, 5.74) is 5.33. The van der Waals surface area contributed by atoms with E-state index in [1.54, 1.807) is 25.1 Å². The van der Waals surface area contributed by atoms with Crippen LogP contribution < -0.4 is 5.73 Å². The van der Waals surface area contributed by atoms with Gasteiger partial charge in [-0.3, -0.25) is 0 Å². The second-order valence-electron chi connectivity index (χ2n) is 5.11. The van der Waals surface area contributed by atoms with Gasteiger partial charge in [-0.05, 0) is 25.3 Å². The van der Waals surface area contributed by atoms with Crippen molar-refractivity contribution in [3.05, 3.63) is 35.4 Å². The van der Waals surface area contributed by atoms with Gasteiger partial charge in [-0.25, -0.2) is 0 Å². The molecule has 0 radical (unpaired) electrons. The van der Waals surface area contributed by atoms with E-state index in [9.17, 15) is 8.78 Å². The summed E-state index contributed by atoms with van der Waals surface area (Å²) in [5, 5.41) is 0. The Morgan fingerprint density at radius 2 is 1.71 bits per heavy atom. The first-order valence-corrected chi connectivity index (χ1v) is 6.20. The average molecular weight is 239 g/mol. The number of benzene rings is 1. The molecule has 0 saturated heterocycles. The standard InChI is InChI=1S/C14H19F2N/c1-11-7-3-4-8-12(11)14(15,16)13(17)9-5-2-6-10-13/h3-4,7-8H,2,5-6,9-10,17H2,1H3. The van der Waals surface area contributed by atoms with Crippen LogP contribution in [0.2, 0.25) is 0 Å². The van der Waals surface area contributed by atoms with Gasteiger partial charge in [-0.15, -0.1) is 0 Å². The number of alkyl halides is 2. The van der Waals surface area contributed by atoms with Gasteiger partial charge >= 0.3 is 0 Å². The topological polar surface area (TPSA) is 26.0 Å². The summed E-state index contributed by atoms with van der Waals surface area (Å²) in [6.45, 7) is 1.72. The molecule has 0 spiro atoms. The van der Waals surface area contributed by atoms with Crippen molar-refractivity contribution in [2.24, 2.45) is 5.73 Å². The smallest absolute Gasteiger partial charge is 0.291 e. The summed E-state index contributed by atoms with van der Waals surface area (Å²) in [7, 11) is 0. The largest absolute Gasteiger partial charge is 0.320 e. The van der Waals surface area contributed by atoms with Crippen LogP contribution in [0, 0.1) is 6.92 Å². The van der Waals surface area contributed by atoms with Gasteiger partial charge in [-0.1, -0.05) is 43.5 Å². The fourth-order valence-corrected chi connectivity index (χ4v) is 2.69. The fraction of sp³-hybridized carbons (Fsp3) is 0.571. The molecule has 0 amide bonds. The first kappa shape index (κ1) is 12.5. The predicted molar refractivity (Wildman–Crippen MR) is 65.1 cm³/mol. The van der Waals surface area contributed by atoms with Gasteiger partial charge in [0.15, 0.2) is 0 Å². The number of nitrogens with two attached hydrogens (primary N) is 1. The van der Waals surface area contributed by atoms with Crippen LogP contribution in [0.1, 0.15) is 43.2 Å². The van der Waals surface area contributed by atoms with Gasteiger partial charge in [0, 0.05) is 5.56 Å². The van der Waals surface area contributed by atoms with Crippen LogP contribution in [-0.2, 0) is 5.92 Å². The number of hydrogen-bond donors (Lipinski definition) is 1. The molecule has 94 valence electrons. The average Bonchev–Trinajstić information content (AvgIpc) is 2.30. The van der Waals surface area contributed by atoms with Crippen molar-refractivity contribution in [1.29, 1.82) is 0 Å². The third kappa shape index (κ3) is 2.08. The van der Waals surface area contributed by atoms with Gasteiger partial charge in [0.25, 0.3) is 5.92 Å². The Morgan fingerprint density at radius 1 is 1.12 bits per heavy atom. The molecule has 0 aromatic heterocycles. The van der Waals surface area contributed by atoms with Gasteiger partial charge in [0.05, 0.1) is 5.54 Å². The molecule has 1 saturated carbocycles. The summed E-state index contributed by atoms with van der Waals surface area (Å²) in [6, 6.07) is 6.65. The van der Waals surface area contributed by atoms with E-state index in [-0.39, 0.29) is 5.56 Å². The molecule has 3 heteroatoms. The molecule has 1 aliphatic carbocycles. The van der Waals surface area contributed by atoms with Crippen molar-refractivity contribution in [3.8, 4) is 0 Å². The third-order valence-electron chi connectivity index (χ3n) is 3.85. The van der Waals surface area contributed by atoms with Crippen molar-refractivity contribution in [2.45, 2.75) is 50.5 Å². The molecule has 1 aromatic carbocycles. The molecule has 2 rings (SSSR count). The number of rotatable bonds is 2. The fourth-order valence-electron chi connectivity index (χ4n) is 2.69. The van der Waals surface area contributed by atoms with E-state index >= 15 is 0 Å². The number of halogens is 2. The van der Waals surface area contributed by atoms with Crippen molar-refractivity contribution in [2.75, 3.05) is 0 Å². The zero-order chi connectivity index (χ0) is 12.5. The highest BCUT2D eigenvalue weighted by molar-refractivity contribution is 5.32. The molecule has 1 fully saturated rings. The summed E-state index contributed by atoms with van der Waals surface area (Å²) >= 11 is 0. The molecule has 0 heterocycles. The van der Waals surface area contributed by atoms with Crippen LogP contribution in [0.3, 0.4) is 0 Å². The highest BCUT2D eigenvalue weighted by Crippen LogP contribution is 2.46. The second kappa shape index (κ2) is 4.37. The Hall–Kier alpha value is -0.960. The maximum Gasteiger partial charge on any atom is 0.291 e. The highest BCUT2D eigenvalue weighted by atomic mass is 19.3. The maximum atomic E-state index is 14.6. The quantitative estimate of drug-likeness (QED) is 0.835. The van der Waals surface area contributed by atoms with Gasteiger partial charge in [0.2, 0.25) is 0 Å². The lowest BCUT2D eigenvalue weighted by Gasteiger charge is -2.40. The molecule has 17 heavy (non-hydrogen) atoms. The van der Waals surface area contributed by atoms with Crippen LogP contribution in [0.15, 0.2) is 24.3 Å². The minimum absolute atomic E-state index is 0.0874. The summed E-state index contributed by atoms with van der Waals surface area (Å²) in [4.78, 5) is 0. The lowest BCUT2D eigenvalue weighted by molar-refractivity contribution is -0.0959. The molecule has 1 aromatic rings. The molecule has 2 N–H and O–H groups in total. The minimum Gasteiger partial charge on any atom is -0.320 e. The summed E-state index contributed by atoms with van der Waals surface area (Å²) < 4.78 is 29.1. The molecule has 1 aliphatic rings.